The Morgan fingerprint density at radius 1 is 1.29 bits per heavy atom. The van der Waals surface area contributed by atoms with Gasteiger partial charge in [0.25, 0.3) is 0 Å². The van der Waals surface area contributed by atoms with Crippen molar-refractivity contribution in [1.29, 1.82) is 0 Å². The van der Waals surface area contributed by atoms with E-state index in [9.17, 15) is 4.79 Å². The van der Waals surface area contributed by atoms with Gasteiger partial charge < -0.3 is 19.1 Å². The smallest absolute Gasteiger partial charge is 0.228 e. The van der Waals surface area contributed by atoms with E-state index in [1.807, 2.05) is 11.0 Å². The molecule has 130 valence electrons. The first-order chi connectivity index (χ1) is 11.7. The van der Waals surface area contributed by atoms with E-state index in [-0.39, 0.29) is 17.4 Å². The Bertz CT molecular complexity index is 602. The minimum absolute atomic E-state index is 0.0492. The number of benzene rings is 1. The Hall–Kier alpha value is -1.59. The zero-order chi connectivity index (χ0) is 16.6. The van der Waals surface area contributed by atoms with Crippen LogP contribution in [0.5, 0.6) is 5.75 Å². The molecule has 1 atom stereocenters. The van der Waals surface area contributed by atoms with Gasteiger partial charge in [0.05, 0.1) is 26.2 Å². The second-order valence-corrected chi connectivity index (χ2v) is 6.97. The molecule has 0 bridgehead atoms. The molecule has 5 heteroatoms. The van der Waals surface area contributed by atoms with Crippen molar-refractivity contribution in [2.24, 2.45) is 5.92 Å². The SMILES string of the molecule is COc1cccc2c1C1(CCN(C(=O)C3CCOC3)CC1)OCC2. The van der Waals surface area contributed by atoms with E-state index in [4.69, 9.17) is 14.2 Å². The standard InChI is InChI=1S/C19H25NO4/c1-22-16-4-2-3-14-6-12-24-19(17(14)16)7-9-20(10-8-19)18(21)15-5-11-23-13-15/h2-4,15H,5-13H2,1H3. The largest absolute Gasteiger partial charge is 0.496 e. The van der Waals surface area contributed by atoms with Crippen LogP contribution in [0.25, 0.3) is 0 Å². The third-order valence-corrected chi connectivity index (χ3v) is 5.70. The molecule has 4 rings (SSSR count). The van der Waals surface area contributed by atoms with E-state index in [0.29, 0.717) is 13.2 Å². The lowest BCUT2D eigenvalue weighted by Crippen LogP contribution is -2.49. The molecule has 1 unspecified atom stereocenters. The number of hydrogen-bond acceptors (Lipinski definition) is 4. The first-order valence-corrected chi connectivity index (χ1v) is 8.90. The summed E-state index contributed by atoms with van der Waals surface area (Å²) < 4.78 is 17.3. The number of methoxy groups -OCH3 is 1. The molecule has 2 fully saturated rings. The number of amides is 1. The summed E-state index contributed by atoms with van der Waals surface area (Å²) in [5.41, 5.74) is 2.22. The highest BCUT2D eigenvalue weighted by Gasteiger charge is 2.44. The number of piperidine rings is 1. The predicted molar refractivity (Wildman–Crippen MR) is 89.1 cm³/mol. The predicted octanol–water partition coefficient (Wildman–Crippen LogP) is 2.12. The van der Waals surface area contributed by atoms with Gasteiger partial charge in [-0.1, -0.05) is 12.1 Å². The lowest BCUT2D eigenvalue weighted by atomic mass is 9.78. The van der Waals surface area contributed by atoms with E-state index >= 15 is 0 Å². The summed E-state index contributed by atoms with van der Waals surface area (Å²) in [5.74, 6) is 1.21. The number of likely N-dealkylation sites (tertiary alicyclic amines) is 1. The van der Waals surface area contributed by atoms with Crippen LogP contribution < -0.4 is 4.74 Å². The fraction of sp³-hybridized carbons (Fsp3) is 0.632. The summed E-state index contributed by atoms with van der Waals surface area (Å²) in [6, 6.07) is 6.24. The molecule has 3 heterocycles. The molecule has 1 spiro atoms. The molecule has 3 aliphatic heterocycles. The lowest BCUT2D eigenvalue weighted by Gasteiger charge is -2.45. The second-order valence-electron chi connectivity index (χ2n) is 6.97. The Morgan fingerprint density at radius 3 is 2.83 bits per heavy atom. The molecule has 5 nitrogen and oxygen atoms in total. The molecular formula is C19H25NO4. The number of nitrogens with zero attached hydrogens (tertiary/aromatic N) is 1. The average molecular weight is 331 g/mol. The fourth-order valence-corrected chi connectivity index (χ4v) is 4.37. The van der Waals surface area contributed by atoms with E-state index in [1.165, 1.54) is 11.1 Å². The van der Waals surface area contributed by atoms with Gasteiger partial charge in [0, 0.05) is 25.3 Å². The molecule has 0 aromatic heterocycles. The van der Waals surface area contributed by atoms with Crippen LogP contribution >= 0.6 is 0 Å². The maximum absolute atomic E-state index is 12.6. The number of carbonyl (C=O) groups is 1. The average Bonchev–Trinajstić information content (AvgIpc) is 3.16. The van der Waals surface area contributed by atoms with E-state index in [2.05, 4.69) is 12.1 Å². The molecule has 3 aliphatic rings. The van der Waals surface area contributed by atoms with Crippen LogP contribution in [-0.2, 0) is 26.3 Å². The van der Waals surface area contributed by atoms with Crippen LogP contribution in [0.4, 0.5) is 0 Å². The quantitative estimate of drug-likeness (QED) is 0.833. The Labute approximate surface area is 142 Å². The molecule has 1 aromatic carbocycles. The Morgan fingerprint density at radius 2 is 2.12 bits per heavy atom. The Kier molecular flexibility index (Phi) is 4.22. The number of rotatable bonds is 2. The summed E-state index contributed by atoms with van der Waals surface area (Å²) in [6.07, 6.45) is 3.45. The van der Waals surface area contributed by atoms with Gasteiger partial charge in [0.1, 0.15) is 11.4 Å². The topological polar surface area (TPSA) is 48.0 Å². The highest BCUT2D eigenvalue weighted by atomic mass is 16.5. The van der Waals surface area contributed by atoms with Crippen LogP contribution in [0.3, 0.4) is 0 Å². The van der Waals surface area contributed by atoms with Gasteiger partial charge in [-0.3, -0.25) is 4.79 Å². The minimum atomic E-state index is -0.302. The molecule has 0 saturated carbocycles. The van der Waals surface area contributed by atoms with Crippen molar-refractivity contribution in [2.75, 3.05) is 40.0 Å². The number of carbonyl (C=O) groups excluding carboxylic acids is 1. The summed E-state index contributed by atoms with van der Waals surface area (Å²) >= 11 is 0. The van der Waals surface area contributed by atoms with Crippen LogP contribution in [0, 0.1) is 5.92 Å². The van der Waals surface area contributed by atoms with Gasteiger partial charge in [-0.15, -0.1) is 0 Å². The van der Waals surface area contributed by atoms with Crippen LogP contribution in [-0.4, -0.2) is 50.8 Å². The molecular weight excluding hydrogens is 306 g/mol. The normalized spacial score (nSPS) is 25.5. The van der Waals surface area contributed by atoms with Crippen molar-refractivity contribution in [3.63, 3.8) is 0 Å². The van der Waals surface area contributed by atoms with Crippen molar-refractivity contribution in [3.05, 3.63) is 29.3 Å². The summed E-state index contributed by atoms with van der Waals surface area (Å²) in [6.45, 7) is 3.51. The first-order valence-electron chi connectivity index (χ1n) is 8.90. The molecule has 1 aromatic rings. The lowest BCUT2D eigenvalue weighted by molar-refractivity contribution is -0.144. The summed E-state index contributed by atoms with van der Waals surface area (Å²) in [7, 11) is 1.72. The first kappa shape index (κ1) is 15.9. The third-order valence-electron chi connectivity index (χ3n) is 5.70. The van der Waals surface area contributed by atoms with E-state index < -0.39 is 0 Å². The van der Waals surface area contributed by atoms with Gasteiger partial charge in [0.15, 0.2) is 0 Å². The third kappa shape index (κ3) is 2.60. The highest BCUT2D eigenvalue weighted by molar-refractivity contribution is 5.79. The highest BCUT2D eigenvalue weighted by Crippen LogP contribution is 2.46. The molecule has 0 aliphatic carbocycles. The maximum atomic E-state index is 12.6. The van der Waals surface area contributed by atoms with Gasteiger partial charge in [0.2, 0.25) is 5.91 Å². The Balaban J connectivity index is 1.54. The molecule has 0 N–H and O–H groups in total. The van der Waals surface area contributed by atoms with Gasteiger partial charge in [-0.25, -0.2) is 0 Å². The zero-order valence-electron chi connectivity index (χ0n) is 14.3. The van der Waals surface area contributed by atoms with Crippen LogP contribution in [0.1, 0.15) is 30.4 Å². The molecule has 1 amide bonds. The summed E-state index contributed by atoms with van der Waals surface area (Å²) in [5, 5.41) is 0. The number of fused-ring (bicyclic) bond motifs is 2. The van der Waals surface area contributed by atoms with Gasteiger partial charge in [-0.2, -0.15) is 0 Å². The van der Waals surface area contributed by atoms with Crippen molar-refractivity contribution < 1.29 is 19.0 Å². The monoisotopic (exact) mass is 331 g/mol. The van der Waals surface area contributed by atoms with Crippen LogP contribution in [0.2, 0.25) is 0 Å². The number of ether oxygens (including phenoxy) is 3. The van der Waals surface area contributed by atoms with Gasteiger partial charge in [-0.05, 0) is 37.3 Å². The fourth-order valence-electron chi connectivity index (χ4n) is 4.37. The maximum Gasteiger partial charge on any atom is 0.228 e. The summed E-state index contributed by atoms with van der Waals surface area (Å²) in [4.78, 5) is 14.6. The van der Waals surface area contributed by atoms with E-state index in [0.717, 1.165) is 51.1 Å². The zero-order valence-corrected chi connectivity index (χ0v) is 14.3. The molecule has 0 radical (unpaired) electrons. The second kappa shape index (κ2) is 6.37. The molecule has 2 saturated heterocycles. The number of hydrogen-bond donors (Lipinski definition) is 0. The molecule has 24 heavy (non-hydrogen) atoms. The van der Waals surface area contributed by atoms with Gasteiger partial charge >= 0.3 is 0 Å². The van der Waals surface area contributed by atoms with Crippen molar-refractivity contribution in [1.82, 2.24) is 4.90 Å². The van der Waals surface area contributed by atoms with Crippen LogP contribution in [0.15, 0.2) is 18.2 Å². The van der Waals surface area contributed by atoms with Crippen molar-refractivity contribution in [2.45, 2.75) is 31.3 Å². The van der Waals surface area contributed by atoms with E-state index in [1.54, 1.807) is 7.11 Å². The van der Waals surface area contributed by atoms with Crippen molar-refractivity contribution in [3.8, 4) is 5.75 Å². The minimum Gasteiger partial charge on any atom is -0.496 e. The van der Waals surface area contributed by atoms with Crippen molar-refractivity contribution >= 4 is 5.91 Å².